The number of phenols is 1. The topological polar surface area (TPSA) is 72.0 Å². The third kappa shape index (κ3) is 3.54. The van der Waals surface area contributed by atoms with Gasteiger partial charge in [-0.25, -0.2) is 9.97 Å². The summed E-state index contributed by atoms with van der Waals surface area (Å²) >= 11 is 3.04. The molecule has 94 valence electrons. The summed E-state index contributed by atoms with van der Waals surface area (Å²) in [6, 6.07) is 8.90. The molecule has 0 aliphatic heterocycles. The van der Waals surface area contributed by atoms with Crippen LogP contribution in [0, 0.1) is 0 Å². The smallest absolute Gasteiger partial charge is 0.190 e. The van der Waals surface area contributed by atoms with Gasteiger partial charge in [0, 0.05) is 11.8 Å². The predicted octanol–water partition coefficient (Wildman–Crippen LogP) is 2.78. The van der Waals surface area contributed by atoms with Gasteiger partial charge >= 0.3 is 0 Å². The van der Waals surface area contributed by atoms with Crippen molar-refractivity contribution in [2.75, 3.05) is 12.0 Å². The fourth-order valence-electron chi connectivity index (χ4n) is 1.38. The van der Waals surface area contributed by atoms with Gasteiger partial charge < -0.3 is 10.8 Å². The molecule has 6 heteroatoms. The molecule has 0 aliphatic rings. The minimum Gasteiger partial charge on any atom is -0.508 e. The second-order valence-electron chi connectivity index (χ2n) is 3.58. The van der Waals surface area contributed by atoms with Gasteiger partial charge in [0.05, 0.1) is 0 Å². The van der Waals surface area contributed by atoms with Gasteiger partial charge in [-0.15, -0.1) is 11.8 Å². The maximum absolute atomic E-state index is 9.37. The SMILES string of the molecule is CSc1cc(N)nc(SCc2cccc(O)c2)n1. The van der Waals surface area contributed by atoms with Crippen molar-refractivity contribution in [3.63, 3.8) is 0 Å². The molecule has 0 fully saturated rings. The number of nitrogens with two attached hydrogens (primary N) is 1. The first-order chi connectivity index (χ1) is 8.67. The summed E-state index contributed by atoms with van der Waals surface area (Å²) < 4.78 is 0. The first-order valence-electron chi connectivity index (χ1n) is 5.26. The van der Waals surface area contributed by atoms with Crippen LogP contribution in [0.15, 0.2) is 40.5 Å². The number of hydrogen-bond donors (Lipinski definition) is 2. The second kappa shape index (κ2) is 5.97. The van der Waals surface area contributed by atoms with E-state index in [1.54, 1.807) is 18.2 Å². The molecule has 0 amide bonds. The van der Waals surface area contributed by atoms with E-state index in [0.29, 0.717) is 16.7 Å². The zero-order valence-corrected chi connectivity index (χ0v) is 11.5. The fraction of sp³-hybridized carbons (Fsp3) is 0.167. The van der Waals surface area contributed by atoms with Gasteiger partial charge in [-0.3, -0.25) is 0 Å². The maximum atomic E-state index is 9.37. The van der Waals surface area contributed by atoms with Crippen LogP contribution in [0.2, 0.25) is 0 Å². The van der Waals surface area contributed by atoms with Crippen molar-refractivity contribution in [1.29, 1.82) is 0 Å². The zero-order valence-electron chi connectivity index (χ0n) is 9.83. The molecule has 0 unspecified atom stereocenters. The largest absolute Gasteiger partial charge is 0.508 e. The van der Waals surface area contributed by atoms with Gasteiger partial charge in [-0.2, -0.15) is 0 Å². The second-order valence-corrected chi connectivity index (χ2v) is 5.35. The van der Waals surface area contributed by atoms with Crippen molar-refractivity contribution >= 4 is 29.3 Å². The lowest BCUT2D eigenvalue weighted by Crippen LogP contribution is -1.96. The normalized spacial score (nSPS) is 10.5. The Morgan fingerprint density at radius 1 is 1.28 bits per heavy atom. The van der Waals surface area contributed by atoms with Crippen LogP contribution >= 0.6 is 23.5 Å². The Kier molecular flexibility index (Phi) is 4.33. The number of benzene rings is 1. The lowest BCUT2D eigenvalue weighted by Gasteiger charge is -2.04. The Bertz CT molecular complexity index is 549. The van der Waals surface area contributed by atoms with Gasteiger partial charge in [0.15, 0.2) is 5.16 Å². The average Bonchev–Trinajstić information content (AvgIpc) is 2.36. The summed E-state index contributed by atoms with van der Waals surface area (Å²) in [5.74, 6) is 1.45. The summed E-state index contributed by atoms with van der Waals surface area (Å²) in [7, 11) is 0. The van der Waals surface area contributed by atoms with Crippen LogP contribution in [0.1, 0.15) is 5.56 Å². The third-order valence-corrected chi connectivity index (χ3v) is 3.74. The number of aromatic hydroxyl groups is 1. The van der Waals surface area contributed by atoms with Crippen molar-refractivity contribution in [2.24, 2.45) is 0 Å². The molecule has 1 aromatic heterocycles. The van der Waals surface area contributed by atoms with Crippen molar-refractivity contribution in [3.05, 3.63) is 35.9 Å². The van der Waals surface area contributed by atoms with Crippen LogP contribution in [0.5, 0.6) is 5.75 Å². The number of rotatable bonds is 4. The average molecular weight is 279 g/mol. The molecule has 1 aromatic carbocycles. The minimum absolute atomic E-state index is 0.270. The molecule has 0 aliphatic carbocycles. The highest BCUT2D eigenvalue weighted by Gasteiger charge is 2.04. The lowest BCUT2D eigenvalue weighted by atomic mass is 10.2. The van der Waals surface area contributed by atoms with Gasteiger partial charge in [-0.05, 0) is 24.0 Å². The molecule has 2 aromatic rings. The highest BCUT2D eigenvalue weighted by atomic mass is 32.2. The van der Waals surface area contributed by atoms with E-state index in [2.05, 4.69) is 9.97 Å². The van der Waals surface area contributed by atoms with E-state index in [-0.39, 0.29) is 5.75 Å². The Balaban J connectivity index is 2.08. The van der Waals surface area contributed by atoms with Crippen molar-refractivity contribution < 1.29 is 5.11 Å². The molecule has 0 bridgehead atoms. The number of nitrogens with zero attached hydrogens (tertiary/aromatic N) is 2. The molecule has 0 saturated carbocycles. The van der Waals surface area contributed by atoms with E-state index in [0.717, 1.165) is 10.6 Å². The van der Waals surface area contributed by atoms with E-state index in [1.807, 2.05) is 18.4 Å². The Morgan fingerprint density at radius 3 is 2.83 bits per heavy atom. The maximum Gasteiger partial charge on any atom is 0.190 e. The molecular formula is C12H13N3OS2. The van der Waals surface area contributed by atoms with E-state index < -0.39 is 0 Å². The number of hydrogen-bond acceptors (Lipinski definition) is 6. The molecular weight excluding hydrogens is 266 g/mol. The number of thioether (sulfide) groups is 2. The fourth-order valence-corrected chi connectivity index (χ4v) is 2.67. The molecule has 2 rings (SSSR count). The van der Waals surface area contributed by atoms with E-state index in [9.17, 15) is 5.11 Å². The number of phenolic OH excluding ortho intramolecular Hbond substituents is 1. The Labute approximate surface area is 114 Å². The van der Waals surface area contributed by atoms with Crippen molar-refractivity contribution in [2.45, 2.75) is 15.9 Å². The monoisotopic (exact) mass is 279 g/mol. The van der Waals surface area contributed by atoms with Crippen LogP contribution in [0.4, 0.5) is 5.82 Å². The van der Waals surface area contributed by atoms with E-state index in [4.69, 9.17) is 5.73 Å². The van der Waals surface area contributed by atoms with Gasteiger partial charge in [0.1, 0.15) is 16.6 Å². The number of nitrogen functional groups attached to an aromatic ring is 1. The Hall–Kier alpha value is -1.40. The van der Waals surface area contributed by atoms with Crippen LogP contribution in [-0.4, -0.2) is 21.3 Å². The third-order valence-electron chi connectivity index (χ3n) is 2.19. The summed E-state index contributed by atoms with van der Waals surface area (Å²) in [6.07, 6.45) is 1.95. The van der Waals surface area contributed by atoms with E-state index >= 15 is 0 Å². The molecule has 0 radical (unpaired) electrons. The quantitative estimate of drug-likeness (QED) is 0.509. The summed E-state index contributed by atoms with van der Waals surface area (Å²) in [6.45, 7) is 0. The summed E-state index contributed by atoms with van der Waals surface area (Å²) in [5.41, 5.74) is 6.74. The van der Waals surface area contributed by atoms with Crippen molar-refractivity contribution in [3.8, 4) is 5.75 Å². The molecule has 0 atom stereocenters. The van der Waals surface area contributed by atoms with Gasteiger partial charge in [-0.1, -0.05) is 23.9 Å². The van der Waals surface area contributed by atoms with Crippen LogP contribution < -0.4 is 5.73 Å². The van der Waals surface area contributed by atoms with Gasteiger partial charge in [0.2, 0.25) is 0 Å². The number of aromatic nitrogens is 2. The Morgan fingerprint density at radius 2 is 2.11 bits per heavy atom. The molecule has 0 spiro atoms. The van der Waals surface area contributed by atoms with Crippen LogP contribution in [0.3, 0.4) is 0 Å². The standard InChI is InChI=1S/C12H13N3OS2/c1-17-11-6-10(13)14-12(15-11)18-7-8-3-2-4-9(16)5-8/h2-6,16H,7H2,1H3,(H2,13,14,15). The molecule has 3 N–H and O–H groups in total. The van der Waals surface area contributed by atoms with Crippen LogP contribution in [0.25, 0.3) is 0 Å². The van der Waals surface area contributed by atoms with E-state index in [1.165, 1.54) is 23.5 Å². The minimum atomic E-state index is 0.270. The highest BCUT2D eigenvalue weighted by molar-refractivity contribution is 7.99. The van der Waals surface area contributed by atoms with Gasteiger partial charge in [0.25, 0.3) is 0 Å². The zero-order chi connectivity index (χ0) is 13.0. The summed E-state index contributed by atoms with van der Waals surface area (Å²) in [4.78, 5) is 8.53. The molecule has 4 nitrogen and oxygen atoms in total. The first-order valence-corrected chi connectivity index (χ1v) is 7.47. The number of anilines is 1. The molecule has 18 heavy (non-hydrogen) atoms. The van der Waals surface area contributed by atoms with Crippen LogP contribution in [-0.2, 0) is 5.75 Å². The molecule has 0 saturated heterocycles. The molecule has 1 heterocycles. The lowest BCUT2D eigenvalue weighted by molar-refractivity contribution is 0.475. The van der Waals surface area contributed by atoms with Crippen molar-refractivity contribution in [1.82, 2.24) is 9.97 Å². The first kappa shape index (κ1) is 13.0. The highest BCUT2D eigenvalue weighted by Crippen LogP contribution is 2.24. The predicted molar refractivity (Wildman–Crippen MR) is 75.9 cm³/mol. The summed E-state index contributed by atoms with van der Waals surface area (Å²) in [5, 5.41) is 10.9.